The first-order chi connectivity index (χ1) is 7.33. The molecular formula is C9H11ClFNO3S. The molecule has 0 aliphatic carbocycles. The third-order valence-corrected chi connectivity index (χ3v) is 3.44. The number of hydrogen-bond acceptors (Lipinski definition) is 3. The predicted molar refractivity (Wildman–Crippen MR) is 58.3 cm³/mol. The minimum absolute atomic E-state index is 0.118. The highest BCUT2D eigenvalue weighted by Gasteiger charge is 2.19. The highest BCUT2D eigenvalue weighted by molar-refractivity contribution is 7.89. The minimum Gasteiger partial charge on any atom is -0.392 e. The van der Waals surface area contributed by atoms with Crippen LogP contribution in [-0.4, -0.2) is 26.2 Å². The van der Waals surface area contributed by atoms with Crippen LogP contribution in [0.4, 0.5) is 4.39 Å². The van der Waals surface area contributed by atoms with Crippen LogP contribution < -0.4 is 4.72 Å². The second-order valence-electron chi connectivity index (χ2n) is 3.28. The predicted octanol–water partition coefficient (Wildman–Crippen LogP) is 1.14. The molecule has 0 aromatic heterocycles. The quantitative estimate of drug-likeness (QED) is 0.860. The zero-order valence-electron chi connectivity index (χ0n) is 8.44. The molecule has 0 fully saturated rings. The monoisotopic (exact) mass is 267 g/mol. The summed E-state index contributed by atoms with van der Waals surface area (Å²) in [5.41, 5.74) is 0. The van der Waals surface area contributed by atoms with Crippen molar-refractivity contribution in [2.45, 2.75) is 17.9 Å². The van der Waals surface area contributed by atoms with Crippen LogP contribution in [0.2, 0.25) is 5.02 Å². The van der Waals surface area contributed by atoms with Gasteiger partial charge in [0, 0.05) is 11.6 Å². The number of hydrogen-bond donors (Lipinski definition) is 2. The van der Waals surface area contributed by atoms with Gasteiger partial charge >= 0.3 is 0 Å². The molecule has 0 spiro atoms. The zero-order valence-corrected chi connectivity index (χ0v) is 10.0. The van der Waals surface area contributed by atoms with Crippen molar-refractivity contribution < 1.29 is 17.9 Å². The maximum atomic E-state index is 13.3. The highest BCUT2D eigenvalue weighted by atomic mass is 35.5. The van der Waals surface area contributed by atoms with Gasteiger partial charge in [0.25, 0.3) is 0 Å². The number of aliphatic hydroxyl groups excluding tert-OH is 1. The number of aliphatic hydroxyl groups is 1. The van der Waals surface area contributed by atoms with E-state index in [1.54, 1.807) is 0 Å². The van der Waals surface area contributed by atoms with E-state index in [2.05, 4.69) is 4.72 Å². The van der Waals surface area contributed by atoms with E-state index in [0.29, 0.717) is 0 Å². The Morgan fingerprint density at radius 1 is 1.56 bits per heavy atom. The van der Waals surface area contributed by atoms with Crippen molar-refractivity contribution in [3.8, 4) is 0 Å². The molecule has 0 saturated carbocycles. The van der Waals surface area contributed by atoms with Crippen molar-refractivity contribution in [3.05, 3.63) is 29.0 Å². The van der Waals surface area contributed by atoms with Crippen molar-refractivity contribution >= 4 is 21.6 Å². The first-order valence-corrected chi connectivity index (χ1v) is 6.32. The summed E-state index contributed by atoms with van der Waals surface area (Å²) in [5.74, 6) is -0.925. The van der Waals surface area contributed by atoms with Gasteiger partial charge in [-0.3, -0.25) is 0 Å². The Morgan fingerprint density at radius 3 is 2.69 bits per heavy atom. The summed E-state index contributed by atoms with van der Waals surface area (Å²) in [4.78, 5) is -0.488. The van der Waals surface area contributed by atoms with E-state index in [1.807, 2.05) is 0 Å². The largest absolute Gasteiger partial charge is 0.392 e. The molecule has 1 aromatic rings. The molecule has 0 radical (unpaired) electrons. The van der Waals surface area contributed by atoms with Gasteiger partial charge in [0.1, 0.15) is 10.7 Å². The van der Waals surface area contributed by atoms with Gasteiger partial charge < -0.3 is 5.11 Å². The molecule has 0 aliphatic rings. The topological polar surface area (TPSA) is 66.4 Å². The fourth-order valence-electron chi connectivity index (χ4n) is 1.00. The first-order valence-electron chi connectivity index (χ1n) is 4.45. The average molecular weight is 268 g/mol. The van der Waals surface area contributed by atoms with Gasteiger partial charge in [-0.25, -0.2) is 17.5 Å². The van der Waals surface area contributed by atoms with E-state index in [1.165, 1.54) is 13.0 Å². The Morgan fingerprint density at radius 2 is 2.19 bits per heavy atom. The summed E-state index contributed by atoms with van der Waals surface area (Å²) in [6.45, 7) is 1.24. The molecule has 0 bridgehead atoms. The number of benzene rings is 1. The third-order valence-electron chi connectivity index (χ3n) is 1.75. The van der Waals surface area contributed by atoms with Crippen LogP contribution in [-0.2, 0) is 10.0 Å². The summed E-state index contributed by atoms with van der Waals surface area (Å²) in [6.07, 6.45) is -0.842. The fraction of sp³-hybridized carbons (Fsp3) is 0.333. The lowest BCUT2D eigenvalue weighted by molar-refractivity contribution is 0.198. The average Bonchev–Trinajstić information content (AvgIpc) is 2.14. The van der Waals surface area contributed by atoms with E-state index in [4.69, 9.17) is 16.7 Å². The molecular weight excluding hydrogens is 257 g/mol. The molecule has 4 nitrogen and oxygen atoms in total. The Balaban J connectivity index is 2.99. The number of sulfonamides is 1. The lowest BCUT2D eigenvalue weighted by atomic mass is 10.3. The molecule has 16 heavy (non-hydrogen) atoms. The normalized spacial score (nSPS) is 13.8. The van der Waals surface area contributed by atoms with Crippen molar-refractivity contribution in [2.75, 3.05) is 6.54 Å². The molecule has 0 saturated heterocycles. The van der Waals surface area contributed by atoms with Crippen LogP contribution in [0.5, 0.6) is 0 Å². The minimum atomic E-state index is -3.95. The van der Waals surface area contributed by atoms with Crippen molar-refractivity contribution in [1.82, 2.24) is 4.72 Å². The molecule has 90 valence electrons. The molecule has 2 N–H and O–H groups in total. The molecule has 7 heteroatoms. The smallest absolute Gasteiger partial charge is 0.243 e. The van der Waals surface area contributed by atoms with Crippen molar-refractivity contribution in [2.24, 2.45) is 0 Å². The van der Waals surface area contributed by atoms with Crippen LogP contribution in [0.15, 0.2) is 23.1 Å². The Hall–Kier alpha value is -0.690. The van der Waals surface area contributed by atoms with Crippen LogP contribution in [0.1, 0.15) is 6.92 Å². The maximum Gasteiger partial charge on any atom is 0.243 e. The van der Waals surface area contributed by atoms with Crippen molar-refractivity contribution in [3.63, 3.8) is 0 Å². The molecule has 1 atom stereocenters. The first kappa shape index (κ1) is 13.4. The summed E-state index contributed by atoms with van der Waals surface area (Å²) in [7, 11) is -3.95. The maximum absolute atomic E-state index is 13.3. The van der Waals surface area contributed by atoms with Gasteiger partial charge in [-0.1, -0.05) is 11.6 Å². The van der Waals surface area contributed by atoms with Crippen LogP contribution in [0.25, 0.3) is 0 Å². The van der Waals surface area contributed by atoms with Gasteiger partial charge in [0.15, 0.2) is 0 Å². The molecule has 0 amide bonds. The van der Waals surface area contributed by atoms with Crippen LogP contribution in [0.3, 0.4) is 0 Å². The van der Waals surface area contributed by atoms with Gasteiger partial charge in [0.2, 0.25) is 10.0 Å². The van der Waals surface area contributed by atoms with Gasteiger partial charge in [0.05, 0.1) is 6.10 Å². The van der Waals surface area contributed by atoms with E-state index in [9.17, 15) is 12.8 Å². The van der Waals surface area contributed by atoms with E-state index < -0.39 is 26.8 Å². The second-order valence-corrected chi connectivity index (χ2v) is 5.45. The lowest BCUT2D eigenvalue weighted by Gasteiger charge is -2.09. The fourth-order valence-corrected chi connectivity index (χ4v) is 2.34. The Kier molecular flexibility index (Phi) is 4.26. The van der Waals surface area contributed by atoms with E-state index in [-0.39, 0.29) is 11.6 Å². The highest BCUT2D eigenvalue weighted by Crippen LogP contribution is 2.18. The van der Waals surface area contributed by atoms with E-state index >= 15 is 0 Å². The number of nitrogens with one attached hydrogen (secondary N) is 1. The molecule has 1 aromatic carbocycles. The lowest BCUT2D eigenvalue weighted by Crippen LogP contribution is -2.31. The third kappa shape index (κ3) is 3.41. The van der Waals surface area contributed by atoms with Crippen LogP contribution >= 0.6 is 11.6 Å². The Labute approximate surface area is 98.1 Å². The Bertz CT molecular complexity index is 476. The standard InChI is InChI=1S/C9H11ClFNO3S/c1-6(13)5-12-16(14,15)9-3-2-7(10)4-8(9)11/h2-4,6,12-13H,5H2,1H3/t6-/m1/s1. The molecule has 1 rings (SSSR count). The summed E-state index contributed by atoms with van der Waals surface area (Å²) >= 11 is 5.50. The zero-order chi connectivity index (χ0) is 12.3. The van der Waals surface area contributed by atoms with Crippen LogP contribution in [0, 0.1) is 5.82 Å². The SMILES string of the molecule is C[C@@H](O)CNS(=O)(=O)c1ccc(Cl)cc1F. The van der Waals surface area contributed by atoms with Gasteiger partial charge in [-0.15, -0.1) is 0 Å². The number of halogens is 2. The van der Waals surface area contributed by atoms with Gasteiger partial charge in [-0.05, 0) is 25.1 Å². The summed E-state index contributed by atoms with van der Waals surface area (Å²) in [5, 5.41) is 9.05. The van der Waals surface area contributed by atoms with E-state index in [0.717, 1.165) is 12.1 Å². The molecule has 0 unspecified atom stereocenters. The molecule has 0 aliphatic heterocycles. The van der Waals surface area contributed by atoms with Crippen molar-refractivity contribution in [1.29, 1.82) is 0 Å². The number of rotatable bonds is 4. The van der Waals surface area contributed by atoms with Gasteiger partial charge in [-0.2, -0.15) is 0 Å². The molecule has 0 heterocycles. The summed E-state index contributed by atoms with van der Waals surface area (Å²) in [6, 6.07) is 3.27. The summed E-state index contributed by atoms with van der Waals surface area (Å²) < 4.78 is 38.5. The second kappa shape index (κ2) is 5.09.